The van der Waals surface area contributed by atoms with Crippen molar-refractivity contribution >= 4 is 0 Å². The Bertz CT molecular complexity index is 429. The number of allylic oxidation sites excluding steroid dienone is 2. The topological polar surface area (TPSA) is 18.5 Å². The minimum Gasteiger partial charge on any atom is -0.352 e. The second kappa shape index (κ2) is 5.94. The van der Waals surface area contributed by atoms with Gasteiger partial charge in [-0.1, -0.05) is 39.3 Å². The molecule has 124 valence electrons. The third-order valence-electron chi connectivity index (χ3n) is 7.02. The van der Waals surface area contributed by atoms with Crippen LogP contribution in [0.2, 0.25) is 0 Å². The zero-order valence-corrected chi connectivity index (χ0v) is 14.4. The fraction of sp³-hybridized carbons (Fsp3) is 0.900. The highest BCUT2D eigenvalue weighted by atomic mass is 16.7. The van der Waals surface area contributed by atoms with E-state index >= 15 is 0 Å². The van der Waals surface area contributed by atoms with Crippen LogP contribution in [0.5, 0.6) is 0 Å². The summed E-state index contributed by atoms with van der Waals surface area (Å²) in [6.45, 7) is 8.03. The summed E-state index contributed by atoms with van der Waals surface area (Å²) in [6, 6.07) is 0. The van der Waals surface area contributed by atoms with Gasteiger partial charge in [-0.15, -0.1) is 0 Å². The van der Waals surface area contributed by atoms with Crippen LogP contribution < -0.4 is 0 Å². The van der Waals surface area contributed by atoms with Crippen molar-refractivity contribution in [1.82, 2.24) is 0 Å². The van der Waals surface area contributed by atoms with Crippen LogP contribution >= 0.6 is 0 Å². The molecule has 0 aromatic carbocycles. The molecule has 1 aliphatic heterocycles. The van der Waals surface area contributed by atoms with Gasteiger partial charge in [-0.25, -0.2) is 0 Å². The number of hydrogen-bond donors (Lipinski definition) is 0. The lowest BCUT2D eigenvalue weighted by Gasteiger charge is -2.44. The predicted octanol–water partition coefficient (Wildman–Crippen LogP) is 4.65. The molecule has 2 bridgehead atoms. The molecule has 8 atom stereocenters. The van der Waals surface area contributed by atoms with Gasteiger partial charge in [0.05, 0.1) is 12.7 Å². The lowest BCUT2D eigenvalue weighted by molar-refractivity contribution is -0.195. The van der Waals surface area contributed by atoms with E-state index in [1.54, 1.807) is 0 Å². The molecule has 0 spiro atoms. The van der Waals surface area contributed by atoms with Crippen molar-refractivity contribution in [2.45, 2.75) is 65.3 Å². The summed E-state index contributed by atoms with van der Waals surface area (Å²) in [5, 5.41) is 0. The van der Waals surface area contributed by atoms with E-state index in [1.165, 1.54) is 32.1 Å². The van der Waals surface area contributed by atoms with Crippen molar-refractivity contribution in [3.63, 3.8) is 0 Å². The zero-order valence-electron chi connectivity index (χ0n) is 14.4. The van der Waals surface area contributed by atoms with E-state index in [-0.39, 0.29) is 6.29 Å². The molecule has 2 heteroatoms. The highest BCUT2D eigenvalue weighted by molar-refractivity contribution is 5.11. The summed E-state index contributed by atoms with van der Waals surface area (Å²) in [6.07, 6.45) is 12.0. The summed E-state index contributed by atoms with van der Waals surface area (Å²) < 4.78 is 12.8. The predicted molar refractivity (Wildman–Crippen MR) is 88.3 cm³/mol. The van der Waals surface area contributed by atoms with Gasteiger partial charge < -0.3 is 9.47 Å². The van der Waals surface area contributed by atoms with Crippen molar-refractivity contribution in [3.05, 3.63) is 12.2 Å². The molecule has 0 unspecified atom stereocenters. The minimum absolute atomic E-state index is 0.0688. The third kappa shape index (κ3) is 2.57. The van der Waals surface area contributed by atoms with E-state index in [2.05, 4.69) is 32.9 Å². The summed E-state index contributed by atoms with van der Waals surface area (Å²) in [5.41, 5.74) is 0. The van der Waals surface area contributed by atoms with Crippen molar-refractivity contribution in [2.24, 2.45) is 41.4 Å². The summed E-state index contributed by atoms with van der Waals surface area (Å²) in [5.74, 6) is 5.07. The quantitative estimate of drug-likeness (QED) is 0.707. The van der Waals surface area contributed by atoms with E-state index in [4.69, 9.17) is 9.47 Å². The van der Waals surface area contributed by atoms with E-state index < -0.39 is 0 Å². The van der Waals surface area contributed by atoms with Gasteiger partial charge in [-0.05, 0) is 61.2 Å². The molecule has 0 radical (unpaired) electrons. The van der Waals surface area contributed by atoms with Gasteiger partial charge in [0.1, 0.15) is 0 Å². The summed E-state index contributed by atoms with van der Waals surface area (Å²) in [4.78, 5) is 0. The van der Waals surface area contributed by atoms with Gasteiger partial charge in [0, 0.05) is 5.92 Å². The van der Waals surface area contributed by atoms with Crippen molar-refractivity contribution in [2.75, 3.05) is 6.61 Å². The van der Waals surface area contributed by atoms with E-state index in [0.717, 1.165) is 36.2 Å². The van der Waals surface area contributed by atoms with Crippen LogP contribution in [-0.4, -0.2) is 19.0 Å². The molecule has 1 heterocycles. The Morgan fingerprint density at radius 2 is 1.82 bits per heavy atom. The first-order valence-electron chi connectivity index (χ1n) is 9.59. The molecular formula is C20H32O2. The molecular weight excluding hydrogens is 272 g/mol. The van der Waals surface area contributed by atoms with Gasteiger partial charge in [-0.3, -0.25) is 0 Å². The lowest BCUT2D eigenvalue weighted by atomic mass is 9.63. The average molecular weight is 304 g/mol. The number of ether oxygens (including phenoxy) is 2. The maximum absolute atomic E-state index is 6.66. The summed E-state index contributed by atoms with van der Waals surface area (Å²) in [7, 11) is 0. The fourth-order valence-electron chi connectivity index (χ4n) is 5.67. The normalized spacial score (nSPS) is 50.5. The smallest absolute Gasteiger partial charge is 0.161 e. The molecule has 0 amide bonds. The Hall–Kier alpha value is -0.340. The SMILES string of the molecule is CC(C)[C@@H]1CC[C@@H](C)C[C@H]1O[C@@H]1OC[C@H]2[C@@H]1[C@H]1C=C[C@@H]2CC1. The minimum atomic E-state index is 0.0688. The first kappa shape index (κ1) is 15.2. The Kier molecular flexibility index (Phi) is 4.11. The molecule has 0 aromatic heterocycles. The highest BCUT2D eigenvalue weighted by Crippen LogP contribution is 2.51. The van der Waals surface area contributed by atoms with E-state index in [9.17, 15) is 0 Å². The number of hydrogen-bond acceptors (Lipinski definition) is 2. The van der Waals surface area contributed by atoms with Gasteiger partial charge in [0.2, 0.25) is 0 Å². The standard InChI is InChI=1S/C20H32O2/c1-12(2)16-9-4-13(3)10-18(16)22-20-19-15-7-5-14(6-8-15)17(19)11-21-20/h5,7,12-20H,4,6,8-11H2,1-3H3/t13-,14-,15+,16+,17-,18-,19+,20+/m1/s1. The molecule has 5 rings (SSSR count). The van der Waals surface area contributed by atoms with Crippen LogP contribution in [0.3, 0.4) is 0 Å². The molecule has 22 heavy (non-hydrogen) atoms. The molecule has 4 aliphatic carbocycles. The molecule has 5 aliphatic rings. The van der Waals surface area contributed by atoms with Crippen molar-refractivity contribution < 1.29 is 9.47 Å². The number of fused-ring (bicyclic) bond motifs is 1. The van der Waals surface area contributed by atoms with E-state index in [1.807, 2.05) is 0 Å². The molecule has 0 N–H and O–H groups in total. The largest absolute Gasteiger partial charge is 0.352 e. The van der Waals surface area contributed by atoms with Gasteiger partial charge in [0.15, 0.2) is 6.29 Å². The molecule has 1 saturated heterocycles. The van der Waals surface area contributed by atoms with Crippen LogP contribution in [0.4, 0.5) is 0 Å². The Balaban J connectivity index is 1.47. The Morgan fingerprint density at radius 3 is 2.55 bits per heavy atom. The lowest BCUT2D eigenvalue weighted by Crippen LogP contribution is -2.43. The van der Waals surface area contributed by atoms with Gasteiger partial charge in [-0.2, -0.15) is 0 Å². The first-order chi connectivity index (χ1) is 10.6. The molecule has 2 saturated carbocycles. The average Bonchev–Trinajstić information content (AvgIpc) is 2.94. The molecule has 0 aromatic rings. The Labute approximate surface area is 135 Å². The van der Waals surface area contributed by atoms with Crippen molar-refractivity contribution in [3.8, 4) is 0 Å². The molecule has 2 nitrogen and oxygen atoms in total. The van der Waals surface area contributed by atoms with Crippen LogP contribution in [0.1, 0.15) is 52.9 Å². The fourth-order valence-corrected chi connectivity index (χ4v) is 5.67. The maximum atomic E-state index is 6.66. The Morgan fingerprint density at radius 1 is 1.05 bits per heavy atom. The third-order valence-corrected chi connectivity index (χ3v) is 7.02. The number of rotatable bonds is 3. The van der Waals surface area contributed by atoms with Crippen molar-refractivity contribution in [1.29, 1.82) is 0 Å². The second-order valence-electron chi connectivity index (χ2n) is 8.73. The van der Waals surface area contributed by atoms with Gasteiger partial charge >= 0.3 is 0 Å². The monoisotopic (exact) mass is 304 g/mol. The zero-order chi connectivity index (χ0) is 15.3. The van der Waals surface area contributed by atoms with Crippen LogP contribution in [-0.2, 0) is 9.47 Å². The van der Waals surface area contributed by atoms with E-state index in [0.29, 0.717) is 17.9 Å². The summed E-state index contributed by atoms with van der Waals surface area (Å²) >= 11 is 0. The highest BCUT2D eigenvalue weighted by Gasteiger charge is 2.50. The second-order valence-corrected chi connectivity index (χ2v) is 8.73. The molecule has 3 fully saturated rings. The van der Waals surface area contributed by atoms with Gasteiger partial charge in [0.25, 0.3) is 0 Å². The van der Waals surface area contributed by atoms with Crippen LogP contribution in [0, 0.1) is 41.4 Å². The van der Waals surface area contributed by atoms with Crippen LogP contribution in [0.15, 0.2) is 12.2 Å². The van der Waals surface area contributed by atoms with Crippen LogP contribution in [0.25, 0.3) is 0 Å². The first-order valence-corrected chi connectivity index (χ1v) is 9.59. The maximum Gasteiger partial charge on any atom is 0.161 e.